The molecule has 1 saturated heterocycles. The molecule has 0 bridgehead atoms. The highest BCUT2D eigenvalue weighted by Crippen LogP contribution is 2.20. The molecule has 0 aromatic rings. The Labute approximate surface area is 114 Å². The van der Waals surface area contributed by atoms with Gasteiger partial charge in [-0.1, -0.05) is 41.0 Å². The second kappa shape index (κ2) is 14.5. The second-order valence-corrected chi connectivity index (χ2v) is 4.37. The van der Waals surface area contributed by atoms with Crippen molar-refractivity contribution in [1.29, 1.82) is 0 Å². The first-order valence-corrected chi connectivity index (χ1v) is 7.46. The molecular formula is C15H33NO2. The Kier molecular flexibility index (Phi) is 15.9. The lowest BCUT2D eigenvalue weighted by molar-refractivity contribution is -0.142. The number of carbonyl (C=O) groups excluding carboxylic acids is 1. The van der Waals surface area contributed by atoms with Gasteiger partial charge >= 0.3 is 5.97 Å². The zero-order chi connectivity index (χ0) is 14.4. The van der Waals surface area contributed by atoms with Gasteiger partial charge in [0.1, 0.15) is 0 Å². The zero-order valence-electron chi connectivity index (χ0n) is 13.3. The maximum absolute atomic E-state index is 11.0. The summed E-state index contributed by atoms with van der Waals surface area (Å²) in [6.07, 6.45) is 4.14. The molecule has 0 unspecified atom stereocenters. The predicted octanol–water partition coefficient (Wildman–Crippen LogP) is 3.72. The van der Waals surface area contributed by atoms with E-state index in [2.05, 4.69) is 30.4 Å². The molecule has 3 heteroatoms. The minimum absolute atomic E-state index is 0.0602. The maximum atomic E-state index is 11.0. The highest BCUT2D eigenvalue weighted by molar-refractivity contribution is 5.69. The summed E-state index contributed by atoms with van der Waals surface area (Å²) in [6.45, 7) is 13.8. The molecule has 1 aliphatic heterocycles. The molecule has 0 atom stereocenters. The van der Waals surface area contributed by atoms with Gasteiger partial charge in [0.15, 0.2) is 0 Å². The molecule has 3 nitrogen and oxygen atoms in total. The highest BCUT2D eigenvalue weighted by Gasteiger charge is 2.20. The van der Waals surface area contributed by atoms with Gasteiger partial charge in [0.2, 0.25) is 0 Å². The molecule has 1 fully saturated rings. The summed E-state index contributed by atoms with van der Waals surface area (Å²) >= 11 is 0. The van der Waals surface area contributed by atoms with Gasteiger partial charge in [-0.3, -0.25) is 4.79 Å². The average Bonchev–Trinajstić information content (AvgIpc) is 2.42. The maximum Gasteiger partial charge on any atom is 0.305 e. The van der Waals surface area contributed by atoms with E-state index in [-0.39, 0.29) is 5.97 Å². The van der Waals surface area contributed by atoms with E-state index in [0.717, 1.165) is 32.5 Å². The molecule has 0 spiro atoms. The van der Waals surface area contributed by atoms with E-state index in [1.807, 2.05) is 13.8 Å². The van der Waals surface area contributed by atoms with Crippen LogP contribution >= 0.6 is 0 Å². The molecule has 18 heavy (non-hydrogen) atoms. The lowest BCUT2D eigenvalue weighted by Crippen LogP contribution is -2.34. The fraction of sp³-hybridized carbons (Fsp3) is 0.933. The van der Waals surface area contributed by atoms with Crippen LogP contribution < -0.4 is 0 Å². The van der Waals surface area contributed by atoms with Crippen molar-refractivity contribution in [1.82, 2.24) is 4.90 Å². The summed E-state index contributed by atoms with van der Waals surface area (Å²) in [6, 6.07) is 0. The van der Waals surface area contributed by atoms with Crippen LogP contribution in [0.25, 0.3) is 0 Å². The summed E-state index contributed by atoms with van der Waals surface area (Å²) in [4.78, 5) is 13.4. The van der Waals surface area contributed by atoms with Gasteiger partial charge in [-0.2, -0.15) is 0 Å². The first-order valence-electron chi connectivity index (χ1n) is 7.46. The van der Waals surface area contributed by atoms with Crippen LogP contribution in [0.2, 0.25) is 0 Å². The van der Waals surface area contributed by atoms with Crippen LogP contribution in [0.4, 0.5) is 0 Å². The number of esters is 1. The average molecular weight is 259 g/mol. The molecule has 1 aliphatic rings. The number of rotatable bonds is 3. The molecular weight excluding hydrogens is 226 g/mol. The Morgan fingerprint density at radius 3 is 1.94 bits per heavy atom. The van der Waals surface area contributed by atoms with E-state index < -0.39 is 0 Å². The number of carbonyl (C=O) groups is 1. The van der Waals surface area contributed by atoms with E-state index in [9.17, 15) is 4.79 Å². The zero-order valence-corrected chi connectivity index (χ0v) is 13.3. The molecule has 0 radical (unpaired) electrons. The summed E-state index contributed by atoms with van der Waals surface area (Å²) in [5, 5.41) is 0. The van der Waals surface area contributed by atoms with Gasteiger partial charge in [0.25, 0.3) is 0 Å². The third kappa shape index (κ3) is 10.6. The first-order chi connectivity index (χ1) is 8.67. The minimum atomic E-state index is -0.0602. The van der Waals surface area contributed by atoms with Crippen molar-refractivity contribution >= 4 is 5.97 Å². The Morgan fingerprint density at radius 1 is 1.17 bits per heavy atom. The van der Waals surface area contributed by atoms with E-state index in [1.165, 1.54) is 13.5 Å². The van der Waals surface area contributed by atoms with E-state index in [4.69, 9.17) is 0 Å². The van der Waals surface area contributed by atoms with Gasteiger partial charge in [-0.05, 0) is 38.4 Å². The largest absolute Gasteiger partial charge is 0.469 e. The summed E-state index contributed by atoms with van der Waals surface area (Å²) in [7, 11) is 1.46. The van der Waals surface area contributed by atoms with Crippen molar-refractivity contribution in [3.63, 3.8) is 0 Å². The predicted molar refractivity (Wildman–Crippen MR) is 78.8 cm³/mol. The monoisotopic (exact) mass is 259 g/mol. The van der Waals surface area contributed by atoms with Crippen molar-refractivity contribution in [3.05, 3.63) is 0 Å². The van der Waals surface area contributed by atoms with E-state index in [0.29, 0.717) is 12.3 Å². The van der Waals surface area contributed by atoms with Crippen molar-refractivity contribution in [2.75, 3.05) is 26.7 Å². The lowest BCUT2D eigenvalue weighted by Gasteiger charge is -2.30. The SMILES string of the molecule is CC.CCC.CCN1CCC(CC(=O)OC)CC1. The Hall–Kier alpha value is -0.570. The van der Waals surface area contributed by atoms with Crippen molar-refractivity contribution in [3.8, 4) is 0 Å². The molecule has 1 rings (SSSR count). The second-order valence-electron chi connectivity index (χ2n) is 4.37. The molecule has 0 N–H and O–H groups in total. The van der Waals surface area contributed by atoms with Crippen LogP contribution in [-0.2, 0) is 9.53 Å². The minimum Gasteiger partial charge on any atom is -0.469 e. The van der Waals surface area contributed by atoms with Crippen LogP contribution in [0.5, 0.6) is 0 Å². The van der Waals surface area contributed by atoms with Gasteiger partial charge in [0, 0.05) is 6.42 Å². The number of methoxy groups -OCH3 is 1. The highest BCUT2D eigenvalue weighted by atomic mass is 16.5. The normalized spacial score (nSPS) is 15.9. The summed E-state index contributed by atoms with van der Waals surface area (Å²) in [5.74, 6) is 0.491. The van der Waals surface area contributed by atoms with Crippen molar-refractivity contribution in [2.45, 2.75) is 60.3 Å². The topological polar surface area (TPSA) is 29.5 Å². The molecule has 1 heterocycles. The van der Waals surface area contributed by atoms with Crippen LogP contribution in [0.1, 0.15) is 60.3 Å². The van der Waals surface area contributed by atoms with Crippen LogP contribution in [-0.4, -0.2) is 37.6 Å². The first kappa shape index (κ1) is 19.8. The summed E-state index contributed by atoms with van der Waals surface area (Å²) in [5.41, 5.74) is 0. The third-order valence-electron chi connectivity index (χ3n) is 2.84. The summed E-state index contributed by atoms with van der Waals surface area (Å²) < 4.78 is 4.65. The molecule has 0 aromatic carbocycles. The smallest absolute Gasteiger partial charge is 0.305 e. The van der Waals surface area contributed by atoms with Gasteiger partial charge in [0.05, 0.1) is 7.11 Å². The van der Waals surface area contributed by atoms with Gasteiger partial charge in [-0.25, -0.2) is 0 Å². The molecule has 0 aliphatic carbocycles. The Morgan fingerprint density at radius 2 is 1.61 bits per heavy atom. The fourth-order valence-electron chi connectivity index (χ4n) is 1.83. The number of ether oxygens (including phenoxy) is 1. The number of piperidine rings is 1. The molecule has 0 aromatic heterocycles. The van der Waals surface area contributed by atoms with Crippen molar-refractivity contribution < 1.29 is 9.53 Å². The number of hydrogen-bond acceptors (Lipinski definition) is 3. The molecule has 0 amide bonds. The van der Waals surface area contributed by atoms with Gasteiger partial charge < -0.3 is 9.64 Å². The fourth-order valence-corrected chi connectivity index (χ4v) is 1.83. The van der Waals surface area contributed by atoms with Crippen LogP contribution in [0.3, 0.4) is 0 Å². The quantitative estimate of drug-likeness (QED) is 0.723. The Bertz CT molecular complexity index is 175. The van der Waals surface area contributed by atoms with Crippen LogP contribution in [0, 0.1) is 5.92 Å². The number of hydrogen-bond donors (Lipinski definition) is 0. The standard InChI is InChI=1S/C10H19NO2.C3H8.C2H6/c1-3-11-6-4-9(5-7-11)8-10(12)13-2;1-3-2;1-2/h9H,3-8H2,1-2H3;3H2,1-2H3;1-2H3. The lowest BCUT2D eigenvalue weighted by atomic mass is 9.94. The molecule has 0 saturated carbocycles. The van der Waals surface area contributed by atoms with E-state index in [1.54, 1.807) is 0 Å². The third-order valence-corrected chi connectivity index (χ3v) is 2.84. The number of likely N-dealkylation sites (tertiary alicyclic amines) is 1. The van der Waals surface area contributed by atoms with E-state index >= 15 is 0 Å². The van der Waals surface area contributed by atoms with Gasteiger partial charge in [-0.15, -0.1) is 0 Å². The van der Waals surface area contributed by atoms with Crippen LogP contribution in [0.15, 0.2) is 0 Å². The Balaban J connectivity index is 0. The molecule has 110 valence electrons. The van der Waals surface area contributed by atoms with Crippen molar-refractivity contribution in [2.24, 2.45) is 5.92 Å². The number of nitrogens with zero attached hydrogens (tertiary/aromatic N) is 1.